The van der Waals surface area contributed by atoms with Crippen molar-refractivity contribution in [1.82, 2.24) is 19.6 Å². The van der Waals surface area contributed by atoms with Crippen LogP contribution in [0.25, 0.3) is 4.96 Å². The van der Waals surface area contributed by atoms with E-state index in [1.54, 1.807) is 17.4 Å². The second-order valence-corrected chi connectivity index (χ2v) is 9.36. The molecular weight excluding hydrogens is 424 g/mol. The molecule has 4 heterocycles. The first-order chi connectivity index (χ1) is 14.6. The SMILES string of the molecule is Cc1cn2cc(CN3C(=O)CCC3CCNCc3cc4c(cc3Cl)OCO4)nc2s1. The molecule has 0 saturated carbocycles. The fourth-order valence-corrected chi connectivity index (χ4v) is 5.16. The van der Waals surface area contributed by atoms with E-state index in [1.807, 2.05) is 21.6 Å². The van der Waals surface area contributed by atoms with Crippen LogP contribution < -0.4 is 14.8 Å². The first-order valence-corrected chi connectivity index (χ1v) is 11.3. The minimum Gasteiger partial charge on any atom is -0.454 e. The molecule has 1 unspecified atom stereocenters. The van der Waals surface area contributed by atoms with Crippen molar-refractivity contribution in [2.24, 2.45) is 0 Å². The van der Waals surface area contributed by atoms with Gasteiger partial charge in [-0.2, -0.15) is 0 Å². The van der Waals surface area contributed by atoms with Crippen molar-refractivity contribution in [3.8, 4) is 11.5 Å². The molecule has 0 aliphatic carbocycles. The highest BCUT2D eigenvalue weighted by molar-refractivity contribution is 7.16. The number of thiazole rings is 1. The van der Waals surface area contributed by atoms with E-state index in [9.17, 15) is 4.79 Å². The number of carbonyl (C=O) groups excluding carboxylic acids is 1. The van der Waals surface area contributed by atoms with Crippen LogP contribution in [0.1, 0.15) is 35.4 Å². The predicted octanol–water partition coefficient (Wildman–Crippen LogP) is 3.76. The molecule has 1 amide bonds. The van der Waals surface area contributed by atoms with E-state index >= 15 is 0 Å². The van der Waals surface area contributed by atoms with Crippen LogP contribution in [0.3, 0.4) is 0 Å². The van der Waals surface area contributed by atoms with Gasteiger partial charge in [-0.3, -0.25) is 9.20 Å². The number of nitrogens with one attached hydrogen (secondary N) is 1. The van der Waals surface area contributed by atoms with E-state index in [4.69, 9.17) is 21.1 Å². The Labute approximate surface area is 183 Å². The Kier molecular flexibility index (Phi) is 5.30. The van der Waals surface area contributed by atoms with Crippen molar-refractivity contribution in [3.63, 3.8) is 0 Å². The summed E-state index contributed by atoms with van der Waals surface area (Å²) < 4.78 is 12.8. The lowest BCUT2D eigenvalue weighted by atomic mass is 10.1. The summed E-state index contributed by atoms with van der Waals surface area (Å²) in [7, 11) is 0. The third-order valence-corrected chi connectivity index (χ3v) is 6.88. The topological polar surface area (TPSA) is 68.1 Å². The number of halogens is 1. The molecule has 2 aliphatic heterocycles. The molecule has 0 spiro atoms. The number of likely N-dealkylation sites (tertiary alicyclic amines) is 1. The Morgan fingerprint density at radius 1 is 1.30 bits per heavy atom. The van der Waals surface area contributed by atoms with Gasteiger partial charge in [0.15, 0.2) is 16.5 Å². The molecular formula is C21H23ClN4O3S. The normalized spacial score (nSPS) is 18.1. The highest BCUT2D eigenvalue weighted by atomic mass is 35.5. The molecule has 9 heteroatoms. The Hall–Kier alpha value is -2.29. The number of imidazole rings is 1. The lowest BCUT2D eigenvalue weighted by molar-refractivity contribution is -0.129. The number of benzene rings is 1. The maximum atomic E-state index is 12.4. The molecule has 1 saturated heterocycles. The van der Waals surface area contributed by atoms with Crippen LogP contribution in [0.4, 0.5) is 0 Å². The Morgan fingerprint density at radius 3 is 2.97 bits per heavy atom. The fraction of sp³-hybridized carbons (Fsp3) is 0.429. The van der Waals surface area contributed by atoms with Crippen molar-refractivity contribution in [3.05, 3.63) is 45.7 Å². The molecule has 2 aromatic heterocycles. The Morgan fingerprint density at radius 2 is 2.13 bits per heavy atom. The number of carbonyl (C=O) groups is 1. The van der Waals surface area contributed by atoms with Crippen LogP contribution in [-0.4, -0.2) is 39.6 Å². The first kappa shape index (κ1) is 19.7. The first-order valence-electron chi connectivity index (χ1n) is 10.1. The maximum absolute atomic E-state index is 12.4. The third-order valence-electron chi connectivity index (χ3n) is 5.62. The molecule has 1 fully saturated rings. The molecule has 2 aliphatic rings. The standard InChI is InChI=1S/C21H23ClN4O3S/c1-13-9-25-10-15(24-21(25)30-13)11-26-16(2-3-20(26)27)4-5-23-8-14-6-18-19(7-17(14)22)29-12-28-18/h6-7,9-10,16,23H,2-5,8,11-12H2,1H3. The zero-order valence-electron chi connectivity index (χ0n) is 16.7. The van der Waals surface area contributed by atoms with Gasteiger partial charge in [-0.25, -0.2) is 4.98 Å². The van der Waals surface area contributed by atoms with Crippen LogP contribution in [0.2, 0.25) is 5.02 Å². The molecule has 0 bridgehead atoms. The quantitative estimate of drug-likeness (QED) is 0.560. The number of fused-ring (bicyclic) bond motifs is 2. The molecule has 5 rings (SSSR count). The van der Waals surface area contributed by atoms with Crippen molar-refractivity contribution in [1.29, 1.82) is 0 Å². The van der Waals surface area contributed by atoms with Gasteiger partial charge < -0.3 is 19.7 Å². The summed E-state index contributed by atoms with van der Waals surface area (Å²) in [6, 6.07) is 3.96. The average Bonchev–Trinajstić information content (AvgIpc) is 3.45. The van der Waals surface area contributed by atoms with Gasteiger partial charge in [-0.1, -0.05) is 11.6 Å². The highest BCUT2D eigenvalue weighted by Crippen LogP contribution is 2.36. The second kappa shape index (κ2) is 8.09. The Balaban J connectivity index is 1.16. The molecule has 158 valence electrons. The molecule has 0 radical (unpaired) electrons. The summed E-state index contributed by atoms with van der Waals surface area (Å²) in [4.78, 5) is 21.3. The zero-order valence-corrected chi connectivity index (χ0v) is 18.3. The lowest BCUT2D eigenvalue weighted by Crippen LogP contribution is -2.34. The van der Waals surface area contributed by atoms with E-state index in [1.165, 1.54) is 4.88 Å². The van der Waals surface area contributed by atoms with Crippen LogP contribution in [0.15, 0.2) is 24.5 Å². The summed E-state index contributed by atoms with van der Waals surface area (Å²) in [5.41, 5.74) is 1.93. The van der Waals surface area contributed by atoms with Gasteiger partial charge in [-0.15, -0.1) is 11.3 Å². The average molecular weight is 447 g/mol. The minimum absolute atomic E-state index is 0.214. The number of aromatic nitrogens is 2. The predicted molar refractivity (Wildman–Crippen MR) is 115 cm³/mol. The van der Waals surface area contributed by atoms with Crippen LogP contribution in [0, 0.1) is 6.92 Å². The van der Waals surface area contributed by atoms with Crippen molar-refractivity contribution in [2.75, 3.05) is 13.3 Å². The summed E-state index contributed by atoms with van der Waals surface area (Å²) in [6.45, 7) is 4.33. The molecule has 1 atom stereocenters. The molecule has 1 N–H and O–H groups in total. The number of amides is 1. The van der Waals surface area contributed by atoms with E-state index in [-0.39, 0.29) is 18.7 Å². The van der Waals surface area contributed by atoms with Gasteiger partial charge in [0, 0.05) is 47.4 Å². The molecule has 1 aromatic carbocycles. The van der Waals surface area contributed by atoms with Gasteiger partial charge in [0.05, 0.1) is 12.2 Å². The van der Waals surface area contributed by atoms with E-state index in [0.29, 0.717) is 30.3 Å². The number of ether oxygens (including phenoxy) is 2. The van der Waals surface area contributed by atoms with Crippen LogP contribution in [0.5, 0.6) is 11.5 Å². The number of hydrogen-bond donors (Lipinski definition) is 1. The van der Waals surface area contributed by atoms with Crippen molar-refractivity contribution < 1.29 is 14.3 Å². The summed E-state index contributed by atoms with van der Waals surface area (Å²) in [5, 5.41) is 4.11. The molecule has 7 nitrogen and oxygen atoms in total. The molecule has 3 aromatic rings. The maximum Gasteiger partial charge on any atom is 0.231 e. The summed E-state index contributed by atoms with van der Waals surface area (Å²) >= 11 is 8.01. The van der Waals surface area contributed by atoms with Gasteiger partial charge in [-0.05, 0) is 37.9 Å². The van der Waals surface area contributed by atoms with Crippen molar-refractivity contribution in [2.45, 2.75) is 45.3 Å². The Bertz CT molecular complexity index is 1060. The van der Waals surface area contributed by atoms with E-state index in [2.05, 4.69) is 23.4 Å². The second-order valence-electron chi connectivity index (χ2n) is 7.74. The van der Waals surface area contributed by atoms with Gasteiger partial charge >= 0.3 is 0 Å². The largest absolute Gasteiger partial charge is 0.454 e. The minimum atomic E-state index is 0.214. The fourth-order valence-electron chi connectivity index (χ4n) is 4.11. The van der Waals surface area contributed by atoms with Crippen LogP contribution >= 0.6 is 22.9 Å². The lowest BCUT2D eigenvalue weighted by Gasteiger charge is -2.24. The van der Waals surface area contributed by atoms with Crippen molar-refractivity contribution >= 4 is 33.8 Å². The smallest absolute Gasteiger partial charge is 0.231 e. The van der Waals surface area contributed by atoms with Gasteiger partial charge in [0.1, 0.15) is 0 Å². The van der Waals surface area contributed by atoms with E-state index < -0.39 is 0 Å². The van der Waals surface area contributed by atoms with Crippen LogP contribution in [-0.2, 0) is 17.9 Å². The van der Waals surface area contributed by atoms with Gasteiger partial charge in [0.2, 0.25) is 12.7 Å². The number of rotatable bonds is 7. The summed E-state index contributed by atoms with van der Waals surface area (Å²) in [6.07, 6.45) is 6.51. The monoisotopic (exact) mass is 446 g/mol. The van der Waals surface area contributed by atoms with E-state index in [0.717, 1.165) is 41.4 Å². The third kappa shape index (κ3) is 3.87. The number of aryl methyl sites for hydroxylation is 1. The number of hydrogen-bond acceptors (Lipinski definition) is 6. The number of nitrogens with zero attached hydrogens (tertiary/aromatic N) is 3. The zero-order chi connectivity index (χ0) is 20.7. The van der Waals surface area contributed by atoms with Gasteiger partial charge in [0.25, 0.3) is 0 Å². The summed E-state index contributed by atoms with van der Waals surface area (Å²) in [5.74, 6) is 1.64. The highest BCUT2D eigenvalue weighted by Gasteiger charge is 2.31. The molecule has 30 heavy (non-hydrogen) atoms.